The second-order valence-corrected chi connectivity index (χ2v) is 5.62. The molecule has 0 aliphatic carbocycles. The molecule has 0 atom stereocenters. The molecule has 1 aromatic rings. The predicted molar refractivity (Wildman–Crippen MR) is 83.5 cm³/mol. The van der Waals surface area contributed by atoms with Gasteiger partial charge in [0.25, 0.3) is 5.91 Å². The van der Waals surface area contributed by atoms with Gasteiger partial charge in [0.05, 0.1) is 6.26 Å². The van der Waals surface area contributed by atoms with E-state index in [1.54, 1.807) is 12.1 Å². The summed E-state index contributed by atoms with van der Waals surface area (Å²) in [5.41, 5.74) is 0. The molecule has 1 aromatic heterocycles. The summed E-state index contributed by atoms with van der Waals surface area (Å²) in [6, 6.07) is 3.27. The summed E-state index contributed by atoms with van der Waals surface area (Å²) in [5.74, 6) is 0.781. The molecule has 122 valence electrons. The molecule has 0 radical (unpaired) electrons. The van der Waals surface area contributed by atoms with Crippen LogP contribution in [0.4, 0.5) is 0 Å². The van der Waals surface area contributed by atoms with Crippen molar-refractivity contribution in [3.05, 3.63) is 24.2 Å². The number of carbonyl (C=O) groups is 2. The summed E-state index contributed by atoms with van der Waals surface area (Å²) >= 11 is 0. The van der Waals surface area contributed by atoms with Crippen molar-refractivity contribution in [2.24, 2.45) is 5.92 Å². The van der Waals surface area contributed by atoms with Gasteiger partial charge in [-0.15, -0.1) is 0 Å². The fraction of sp³-hybridized carbons (Fsp3) is 0.625. The van der Waals surface area contributed by atoms with Crippen LogP contribution in [0.15, 0.2) is 22.8 Å². The zero-order valence-electron chi connectivity index (χ0n) is 13.1. The minimum atomic E-state index is -0.276. The smallest absolute Gasteiger partial charge is 0.286 e. The molecule has 1 aliphatic heterocycles. The lowest BCUT2D eigenvalue weighted by molar-refractivity contribution is -0.132. The predicted octanol–water partition coefficient (Wildman–Crippen LogP) is 1.25. The SMILES string of the molecule is CCNCC1CCN(C(=O)CCNC(=O)c2ccco2)CC1. The number of nitrogens with zero attached hydrogens (tertiary/aromatic N) is 1. The second-order valence-electron chi connectivity index (χ2n) is 5.62. The largest absolute Gasteiger partial charge is 0.459 e. The van der Waals surface area contributed by atoms with Crippen LogP contribution in [-0.2, 0) is 4.79 Å². The first kappa shape index (κ1) is 16.5. The molecule has 22 heavy (non-hydrogen) atoms. The van der Waals surface area contributed by atoms with E-state index >= 15 is 0 Å². The number of piperidine rings is 1. The highest BCUT2D eigenvalue weighted by Crippen LogP contribution is 2.16. The third-order valence-corrected chi connectivity index (χ3v) is 4.02. The minimum Gasteiger partial charge on any atom is -0.459 e. The van der Waals surface area contributed by atoms with E-state index in [2.05, 4.69) is 17.6 Å². The van der Waals surface area contributed by atoms with Gasteiger partial charge in [-0.1, -0.05) is 6.92 Å². The second kappa shape index (κ2) is 8.58. The van der Waals surface area contributed by atoms with Crippen LogP contribution < -0.4 is 10.6 Å². The van der Waals surface area contributed by atoms with Crippen molar-refractivity contribution in [1.29, 1.82) is 0 Å². The monoisotopic (exact) mass is 307 g/mol. The van der Waals surface area contributed by atoms with Crippen LogP contribution in [0.3, 0.4) is 0 Å². The van der Waals surface area contributed by atoms with E-state index < -0.39 is 0 Å². The van der Waals surface area contributed by atoms with E-state index in [-0.39, 0.29) is 17.6 Å². The lowest BCUT2D eigenvalue weighted by Gasteiger charge is -2.32. The van der Waals surface area contributed by atoms with Gasteiger partial charge in [0.1, 0.15) is 0 Å². The Hall–Kier alpha value is -1.82. The Kier molecular flexibility index (Phi) is 6.45. The van der Waals surface area contributed by atoms with E-state index in [4.69, 9.17) is 4.42 Å². The molecule has 0 saturated carbocycles. The lowest BCUT2D eigenvalue weighted by atomic mass is 9.96. The molecular formula is C16H25N3O3. The van der Waals surface area contributed by atoms with Crippen LogP contribution in [0, 0.1) is 5.92 Å². The van der Waals surface area contributed by atoms with Crippen LogP contribution in [-0.4, -0.2) is 49.4 Å². The van der Waals surface area contributed by atoms with Gasteiger partial charge >= 0.3 is 0 Å². The van der Waals surface area contributed by atoms with Crippen LogP contribution in [0.2, 0.25) is 0 Å². The summed E-state index contributed by atoms with van der Waals surface area (Å²) < 4.78 is 5.00. The first-order valence-electron chi connectivity index (χ1n) is 8.01. The van der Waals surface area contributed by atoms with Crippen molar-refractivity contribution in [3.8, 4) is 0 Å². The van der Waals surface area contributed by atoms with Gasteiger partial charge in [-0.05, 0) is 44.0 Å². The minimum absolute atomic E-state index is 0.113. The molecule has 1 aliphatic rings. The molecule has 2 rings (SSSR count). The van der Waals surface area contributed by atoms with Crippen LogP contribution in [0.25, 0.3) is 0 Å². The molecule has 1 saturated heterocycles. The van der Waals surface area contributed by atoms with Crippen molar-refractivity contribution in [2.75, 3.05) is 32.7 Å². The van der Waals surface area contributed by atoms with Gasteiger partial charge in [-0.25, -0.2) is 0 Å². The van der Waals surface area contributed by atoms with E-state index in [0.29, 0.717) is 18.9 Å². The maximum Gasteiger partial charge on any atom is 0.286 e. The molecule has 0 aromatic carbocycles. The fourth-order valence-corrected chi connectivity index (χ4v) is 2.67. The molecule has 6 heteroatoms. The summed E-state index contributed by atoms with van der Waals surface area (Å²) in [7, 11) is 0. The standard InChI is InChI=1S/C16H25N3O3/c1-2-17-12-13-6-9-19(10-7-13)15(20)5-8-18-16(21)14-4-3-11-22-14/h3-4,11,13,17H,2,5-10,12H2,1H3,(H,18,21). The number of nitrogens with one attached hydrogen (secondary N) is 2. The van der Waals surface area contributed by atoms with Crippen molar-refractivity contribution in [2.45, 2.75) is 26.2 Å². The number of hydrogen-bond acceptors (Lipinski definition) is 4. The van der Waals surface area contributed by atoms with E-state index in [9.17, 15) is 9.59 Å². The quantitative estimate of drug-likeness (QED) is 0.795. The Morgan fingerprint density at radius 2 is 2.14 bits per heavy atom. The maximum absolute atomic E-state index is 12.1. The van der Waals surface area contributed by atoms with Crippen molar-refractivity contribution >= 4 is 11.8 Å². The Morgan fingerprint density at radius 3 is 2.77 bits per heavy atom. The Morgan fingerprint density at radius 1 is 1.36 bits per heavy atom. The number of rotatable bonds is 7. The van der Waals surface area contributed by atoms with Crippen molar-refractivity contribution < 1.29 is 14.0 Å². The summed E-state index contributed by atoms with van der Waals surface area (Å²) in [5, 5.41) is 6.06. The molecule has 1 fully saturated rings. The van der Waals surface area contributed by atoms with Gasteiger partial charge < -0.3 is 20.0 Å². The molecule has 0 spiro atoms. The average molecular weight is 307 g/mol. The van der Waals surface area contributed by atoms with Gasteiger partial charge in [0.2, 0.25) is 5.91 Å². The van der Waals surface area contributed by atoms with Crippen molar-refractivity contribution in [1.82, 2.24) is 15.5 Å². The van der Waals surface area contributed by atoms with E-state index in [1.165, 1.54) is 6.26 Å². The number of carbonyl (C=O) groups excluding carboxylic acids is 2. The molecule has 2 N–H and O–H groups in total. The lowest BCUT2D eigenvalue weighted by Crippen LogP contribution is -2.41. The number of amides is 2. The highest BCUT2D eigenvalue weighted by Gasteiger charge is 2.22. The Balaban J connectivity index is 1.63. The van der Waals surface area contributed by atoms with Crippen molar-refractivity contribution in [3.63, 3.8) is 0 Å². The summed E-state index contributed by atoms with van der Waals surface area (Å²) in [6.45, 7) is 6.12. The molecule has 2 heterocycles. The van der Waals surface area contributed by atoms with Gasteiger partial charge in [-0.3, -0.25) is 9.59 Å². The van der Waals surface area contributed by atoms with Crippen LogP contribution >= 0.6 is 0 Å². The maximum atomic E-state index is 12.1. The van der Waals surface area contributed by atoms with Gasteiger partial charge in [0.15, 0.2) is 5.76 Å². The first-order valence-corrected chi connectivity index (χ1v) is 8.01. The molecule has 6 nitrogen and oxygen atoms in total. The summed E-state index contributed by atoms with van der Waals surface area (Å²) in [6.07, 6.45) is 3.90. The highest BCUT2D eigenvalue weighted by molar-refractivity contribution is 5.91. The topological polar surface area (TPSA) is 74.6 Å². The van der Waals surface area contributed by atoms with Gasteiger partial charge in [-0.2, -0.15) is 0 Å². The molecule has 0 bridgehead atoms. The van der Waals surface area contributed by atoms with Crippen LogP contribution in [0.1, 0.15) is 36.7 Å². The molecular weight excluding hydrogens is 282 g/mol. The normalized spacial score (nSPS) is 15.8. The fourth-order valence-electron chi connectivity index (χ4n) is 2.67. The first-order chi connectivity index (χ1) is 10.7. The molecule has 2 amide bonds. The number of furan rings is 1. The average Bonchev–Trinajstić information content (AvgIpc) is 3.07. The zero-order chi connectivity index (χ0) is 15.8. The number of hydrogen-bond donors (Lipinski definition) is 2. The van der Waals surface area contributed by atoms with Crippen LogP contribution in [0.5, 0.6) is 0 Å². The van der Waals surface area contributed by atoms with E-state index in [0.717, 1.165) is 39.0 Å². The number of likely N-dealkylation sites (tertiary alicyclic amines) is 1. The molecule has 0 unspecified atom stereocenters. The van der Waals surface area contributed by atoms with E-state index in [1.807, 2.05) is 4.90 Å². The Bertz CT molecular complexity index is 465. The third-order valence-electron chi connectivity index (χ3n) is 4.02. The van der Waals surface area contributed by atoms with Gasteiger partial charge in [0, 0.05) is 26.1 Å². The highest BCUT2D eigenvalue weighted by atomic mass is 16.3. The zero-order valence-corrected chi connectivity index (χ0v) is 13.1. The Labute approximate surface area is 131 Å². The summed E-state index contributed by atoms with van der Waals surface area (Å²) in [4.78, 5) is 25.7. The third kappa shape index (κ3) is 4.87.